The summed E-state index contributed by atoms with van der Waals surface area (Å²) in [6, 6.07) is 4.35. The molecule has 0 fully saturated rings. The van der Waals surface area contributed by atoms with E-state index >= 15 is 0 Å². The highest BCUT2D eigenvalue weighted by molar-refractivity contribution is 9.10. The zero-order chi connectivity index (χ0) is 15.9. The molecule has 118 valence electrons. The number of amides is 1. The van der Waals surface area contributed by atoms with Crippen LogP contribution in [0.3, 0.4) is 0 Å². The van der Waals surface area contributed by atoms with Crippen LogP contribution in [0, 0.1) is 0 Å². The van der Waals surface area contributed by atoms with Crippen LogP contribution in [0.4, 0.5) is 0 Å². The van der Waals surface area contributed by atoms with Gasteiger partial charge in [-0.05, 0) is 24.6 Å². The number of nitrogens with two attached hydrogens (primary N) is 1. The maximum atomic E-state index is 11.5. The molecule has 0 aliphatic heterocycles. The molecular weight excluding hydrogens is 364 g/mol. The summed E-state index contributed by atoms with van der Waals surface area (Å²) in [6.07, 6.45) is 0.683. The van der Waals surface area contributed by atoms with Crippen molar-refractivity contribution in [3.63, 3.8) is 0 Å². The van der Waals surface area contributed by atoms with E-state index in [-0.39, 0.29) is 23.2 Å². The van der Waals surface area contributed by atoms with Crippen molar-refractivity contribution in [2.45, 2.75) is 11.3 Å². The Hall–Kier alpha value is -1.16. The Morgan fingerprint density at radius 3 is 2.76 bits per heavy atom. The Morgan fingerprint density at radius 1 is 1.43 bits per heavy atom. The number of benzene rings is 1. The molecule has 7 nitrogen and oxygen atoms in total. The van der Waals surface area contributed by atoms with Crippen molar-refractivity contribution < 1.29 is 22.7 Å². The Bertz CT molecular complexity index is 591. The predicted molar refractivity (Wildman–Crippen MR) is 80.5 cm³/mol. The number of hydrogen-bond acceptors (Lipinski definition) is 5. The van der Waals surface area contributed by atoms with Crippen LogP contribution < -0.4 is 15.2 Å². The number of hydrogen-bond donors (Lipinski definition) is 2. The number of halogens is 1. The van der Waals surface area contributed by atoms with E-state index in [0.717, 1.165) is 0 Å². The van der Waals surface area contributed by atoms with Gasteiger partial charge in [-0.15, -0.1) is 0 Å². The number of carbonyl (C=O) groups is 1. The van der Waals surface area contributed by atoms with E-state index in [4.69, 9.17) is 14.6 Å². The minimum Gasteiger partial charge on any atom is -0.482 e. The molecule has 9 heteroatoms. The second-order valence-corrected chi connectivity index (χ2v) is 6.57. The van der Waals surface area contributed by atoms with Gasteiger partial charge >= 0.3 is 0 Å². The molecule has 0 radical (unpaired) electrons. The zero-order valence-electron chi connectivity index (χ0n) is 11.5. The summed E-state index contributed by atoms with van der Waals surface area (Å²) >= 11 is 3.15. The Labute approximate surface area is 132 Å². The van der Waals surface area contributed by atoms with Crippen LogP contribution >= 0.6 is 15.9 Å². The van der Waals surface area contributed by atoms with Crippen LogP contribution in [-0.2, 0) is 19.6 Å². The average Bonchev–Trinajstić information content (AvgIpc) is 2.41. The molecule has 0 atom stereocenters. The van der Waals surface area contributed by atoms with E-state index in [0.29, 0.717) is 24.0 Å². The van der Waals surface area contributed by atoms with Gasteiger partial charge in [0.1, 0.15) is 10.6 Å². The second kappa shape index (κ2) is 8.32. The number of sulfonamides is 1. The van der Waals surface area contributed by atoms with Gasteiger partial charge in [0.15, 0.2) is 6.61 Å². The molecule has 3 N–H and O–H groups in total. The third-order valence-corrected chi connectivity index (χ3v) is 3.84. The van der Waals surface area contributed by atoms with Gasteiger partial charge in [-0.1, -0.05) is 15.9 Å². The Kier molecular flexibility index (Phi) is 7.09. The van der Waals surface area contributed by atoms with E-state index in [2.05, 4.69) is 21.2 Å². The van der Waals surface area contributed by atoms with Crippen molar-refractivity contribution in [1.29, 1.82) is 0 Å². The van der Waals surface area contributed by atoms with Gasteiger partial charge < -0.3 is 14.8 Å². The summed E-state index contributed by atoms with van der Waals surface area (Å²) < 4.78 is 33.5. The lowest BCUT2D eigenvalue weighted by Gasteiger charge is -2.10. The van der Waals surface area contributed by atoms with Gasteiger partial charge in [-0.3, -0.25) is 4.79 Å². The van der Waals surface area contributed by atoms with Crippen LogP contribution in [0.25, 0.3) is 0 Å². The van der Waals surface area contributed by atoms with Gasteiger partial charge in [-0.25, -0.2) is 13.6 Å². The molecule has 21 heavy (non-hydrogen) atoms. The summed E-state index contributed by atoms with van der Waals surface area (Å²) in [6.45, 7) is 0.707. The smallest absolute Gasteiger partial charge is 0.257 e. The quantitative estimate of drug-likeness (QED) is 0.643. The van der Waals surface area contributed by atoms with Crippen molar-refractivity contribution in [2.24, 2.45) is 5.14 Å². The van der Waals surface area contributed by atoms with Crippen LogP contribution in [-0.4, -0.2) is 41.2 Å². The van der Waals surface area contributed by atoms with Crippen LogP contribution in [0.2, 0.25) is 0 Å². The molecule has 0 unspecified atom stereocenters. The molecule has 1 amide bonds. The van der Waals surface area contributed by atoms with Gasteiger partial charge in [0.05, 0.1) is 0 Å². The van der Waals surface area contributed by atoms with Crippen LogP contribution in [0.15, 0.2) is 27.6 Å². The summed E-state index contributed by atoms with van der Waals surface area (Å²) in [5.41, 5.74) is 0. The molecule has 0 aromatic heterocycles. The van der Waals surface area contributed by atoms with E-state index in [1.165, 1.54) is 12.1 Å². The molecule has 1 aromatic rings. The number of nitrogens with one attached hydrogen (secondary N) is 1. The first-order chi connectivity index (χ1) is 9.84. The normalized spacial score (nSPS) is 11.2. The van der Waals surface area contributed by atoms with Crippen molar-refractivity contribution in [1.82, 2.24) is 5.32 Å². The van der Waals surface area contributed by atoms with Crippen LogP contribution in [0.5, 0.6) is 5.75 Å². The molecule has 0 heterocycles. The number of ether oxygens (including phenoxy) is 2. The number of rotatable bonds is 8. The van der Waals surface area contributed by atoms with E-state index in [1.54, 1.807) is 13.2 Å². The first-order valence-electron chi connectivity index (χ1n) is 6.05. The first-order valence-corrected chi connectivity index (χ1v) is 8.39. The van der Waals surface area contributed by atoms with Crippen LogP contribution in [0.1, 0.15) is 6.42 Å². The minimum absolute atomic E-state index is 0.0349. The molecular formula is C12H17BrN2O5S. The van der Waals surface area contributed by atoms with Gasteiger partial charge in [0.25, 0.3) is 5.91 Å². The highest BCUT2D eigenvalue weighted by Gasteiger charge is 2.16. The van der Waals surface area contributed by atoms with E-state index < -0.39 is 10.0 Å². The predicted octanol–water partition coefficient (Wildman–Crippen LogP) is 0.628. The molecule has 0 spiro atoms. The molecule has 0 saturated carbocycles. The van der Waals surface area contributed by atoms with Gasteiger partial charge in [0, 0.05) is 24.7 Å². The SMILES string of the molecule is COCCCNC(=O)COc1ccc(Br)cc1S(N)(=O)=O. The lowest BCUT2D eigenvalue weighted by Crippen LogP contribution is -2.30. The molecule has 1 aromatic carbocycles. The topological polar surface area (TPSA) is 108 Å². The molecule has 0 bridgehead atoms. The Balaban J connectivity index is 2.61. The van der Waals surface area contributed by atoms with Crippen molar-refractivity contribution >= 4 is 31.9 Å². The standard InChI is InChI=1S/C12H17BrN2O5S/c1-19-6-2-5-15-12(16)8-20-10-4-3-9(13)7-11(10)21(14,17)18/h3-4,7H,2,5-6,8H2,1H3,(H,15,16)(H2,14,17,18). The fourth-order valence-corrected chi connectivity index (χ4v) is 2.67. The molecule has 0 aliphatic carbocycles. The Morgan fingerprint density at radius 2 is 2.14 bits per heavy atom. The van der Waals surface area contributed by atoms with Crippen molar-refractivity contribution in [2.75, 3.05) is 26.9 Å². The maximum Gasteiger partial charge on any atom is 0.257 e. The largest absolute Gasteiger partial charge is 0.482 e. The summed E-state index contributed by atoms with van der Waals surface area (Å²) in [4.78, 5) is 11.4. The second-order valence-electron chi connectivity index (χ2n) is 4.12. The van der Waals surface area contributed by atoms with E-state index in [9.17, 15) is 13.2 Å². The van der Waals surface area contributed by atoms with Gasteiger partial charge in [0.2, 0.25) is 10.0 Å². The number of primary sulfonamides is 1. The lowest BCUT2D eigenvalue weighted by atomic mass is 10.3. The zero-order valence-corrected chi connectivity index (χ0v) is 13.9. The van der Waals surface area contributed by atoms with Crippen molar-refractivity contribution in [3.8, 4) is 5.75 Å². The minimum atomic E-state index is -3.93. The average molecular weight is 381 g/mol. The molecule has 0 aliphatic rings. The fourth-order valence-electron chi connectivity index (χ4n) is 1.46. The highest BCUT2D eigenvalue weighted by Crippen LogP contribution is 2.26. The third kappa shape index (κ3) is 6.42. The molecule has 0 saturated heterocycles. The third-order valence-electron chi connectivity index (χ3n) is 2.42. The number of methoxy groups -OCH3 is 1. The number of carbonyl (C=O) groups excluding carboxylic acids is 1. The maximum absolute atomic E-state index is 11.5. The van der Waals surface area contributed by atoms with Gasteiger partial charge in [-0.2, -0.15) is 0 Å². The summed E-state index contributed by atoms with van der Waals surface area (Å²) in [7, 11) is -2.35. The monoisotopic (exact) mass is 380 g/mol. The first kappa shape index (κ1) is 17.9. The fraction of sp³-hybridized carbons (Fsp3) is 0.417. The lowest BCUT2D eigenvalue weighted by molar-refractivity contribution is -0.123. The summed E-state index contributed by atoms with van der Waals surface area (Å²) in [5.74, 6) is -0.317. The molecule has 1 rings (SSSR count). The highest BCUT2D eigenvalue weighted by atomic mass is 79.9. The van der Waals surface area contributed by atoms with E-state index in [1.807, 2.05) is 0 Å². The van der Waals surface area contributed by atoms with Crippen molar-refractivity contribution in [3.05, 3.63) is 22.7 Å². The summed E-state index contributed by atoms with van der Waals surface area (Å²) in [5, 5.41) is 7.73.